The molecular formula is C32H43N5O6S. The maximum Gasteiger partial charge on any atom is 0.411 e. The van der Waals surface area contributed by atoms with Crippen molar-refractivity contribution in [3.8, 4) is 11.1 Å². The first kappa shape index (κ1) is 32.1. The van der Waals surface area contributed by atoms with Gasteiger partial charge in [-0.3, -0.25) is 10.3 Å². The van der Waals surface area contributed by atoms with E-state index in [0.29, 0.717) is 31.4 Å². The average Bonchev–Trinajstić information content (AvgIpc) is 3.44. The van der Waals surface area contributed by atoms with E-state index in [1.165, 1.54) is 6.42 Å². The Kier molecular flexibility index (Phi) is 11.8. The number of pyridine rings is 1. The number of carboxylic acids is 1. The van der Waals surface area contributed by atoms with Gasteiger partial charge in [-0.15, -0.1) is 0 Å². The van der Waals surface area contributed by atoms with Gasteiger partial charge in [0, 0.05) is 24.8 Å². The summed E-state index contributed by atoms with van der Waals surface area (Å²) >= 11 is 1.65. The third-order valence-corrected chi connectivity index (χ3v) is 9.25. The van der Waals surface area contributed by atoms with Crippen LogP contribution in [0, 0.1) is 12.8 Å². The minimum absolute atomic E-state index is 0.000951. The van der Waals surface area contributed by atoms with Gasteiger partial charge in [-0.05, 0) is 88.2 Å². The van der Waals surface area contributed by atoms with E-state index >= 15 is 0 Å². The molecule has 1 aliphatic carbocycles. The van der Waals surface area contributed by atoms with Crippen LogP contribution in [0.5, 0.6) is 0 Å². The molecule has 11 nitrogen and oxygen atoms in total. The lowest BCUT2D eigenvalue weighted by Crippen LogP contribution is -2.37. The number of aromatic nitrogens is 2. The molecule has 3 heterocycles. The minimum atomic E-state index is -0.964. The highest BCUT2D eigenvalue weighted by Crippen LogP contribution is 2.32. The van der Waals surface area contributed by atoms with Crippen molar-refractivity contribution in [1.29, 1.82) is 0 Å². The van der Waals surface area contributed by atoms with Crippen LogP contribution in [0.2, 0.25) is 0 Å². The number of aliphatic carboxylic acids is 1. The van der Waals surface area contributed by atoms with Gasteiger partial charge in [0.05, 0.1) is 41.4 Å². The van der Waals surface area contributed by atoms with E-state index in [-0.39, 0.29) is 12.7 Å². The van der Waals surface area contributed by atoms with Gasteiger partial charge >= 0.3 is 12.1 Å². The quantitative estimate of drug-likeness (QED) is 0.189. The third-order valence-electron chi connectivity index (χ3n) is 8.27. The fraction of sp³-hybridized carbons (Fsp3) is 0.562. The van der Waals surface area contributed by atoms with Gasteiger partial charge in [0.1, 0.15) is 12.7 Å². The van der Waals surface area contributed by atoms with Crippen LogP contribution in [0.25, 0.3) is 21.3 Å². The Morgan fingerprint density at radius 3 is 2.61 bits per heavy atom. The standard InChI is InChI=1S/C32H43N5O6S/c1-22-28(36-32(40)43-26-5-3-2-4-6-26)17-25(20-33-22)24-7-8-27-29(18-24)44-31(35-27)34-19-23-9-11-37(12-10-23)13-14-41-15-16-42-21-30(38)39/h7-8,17-18,20,23,26H,2-6,9-16,19,21H2,1H3,(H,34,35)(H,36,40)(H,38,39). The Labute approximate surface area is 262 Å². The molecule has 2 fully saturated rings. The number of rotatable bonds is 14. The molecule has 1 aliphatic heterocycles. The Morgan fingerprint density at radius 2 is 1.82 bits per heavy atom. The summed E-state index contributed by atoms with van der Waals surface area (Å²) in [6.45, 7) is 6.77. The Balaban J connectivity index is 1.07. The summed E-state index contributed by atoms with van der Waals surface area (Å²) in [6.07, 6.45) is 8.97. The second-order valence-electron chi connectivity index (χ2n) is 11.6. The fourth-order valence-corrected chi connectivity index (χ4v) is 6.60. The summed E-state index contributed by atoms with van der Waals surface area (Å²) in [6, 6.07) is 8.18. The van der Waals surface area contributed by atoms with Crippen LogP contribution < -0.4 is 10.6 Å². The number of benzene rings is 1. The van der Waals surface area contributed by atoms with Crippen LogP contribution in [0.15, 0.2) is 30.5 Å². The number of anilines is 2. The van der Waals surface area contributed by atoms with Crippen LogP contribution in [0.1, 0.15) is 50.6 Å². The first-order valence-corrected chi connectivity index (χ1v) is 16.4. The van der Waals surface area contributed by atoms with Gasteiger partial charge in [0.2, 0.25) is 0 Å². The minimum Gasteiger partial charge on any atom is -0.480 e. The van der Waals surface area contributed by atoms with Gasteiger partial charge in [-0.2, -0.15) is 0 Å². The molecule has 0 bridgehead atoms. The molecule has 0 unspecified atom stereocenters. The number of hydrogen-bond donors (Lipinski definition) is 3. The lowest BCUT2D eigenvalue weighted by Gasteiger charge is -2.31. The van der Waals surface area contributed by atoms with Crippen molar-refractivity contribution in [2.24, 2.45) is 5.92 Å². The highest BCUT2D eigenvalue weighted by atomic mass is 32.1. The number of fused-ring (bicyclic) bond motifs is 1. The average molecular weight is 626 g/mol. The SMILES string of the molecule is Cc1ncc(-c2ccc3nc(NCC4CCN(CCOCCOCC(=O)O)CC4)sc3c2)cc1NC(=O)OC1CCCCC1. The summed E-state index contributed by atoms with van der Waals surface area (Å²) in [5.74, 6) is -0.373. The number of ether oxygens (including phenoxy) is 3. The van der Waals surface area contributed by atoms with E-state index < -0.39 is 12.1 Å². The molecule has 238 valence electrons. The molecule has 1 saturated heterocycles. The van der Waals surface area contributed by atoms with E-state index in [1.807, 2.05) is 31.3 Å². The van der Waals surface area contributed by atoms with E-state index in [9.17, 15) is 9.59 Å². The number of hydrogen-bond acceptors (Lipinski definition) is 10. The monoisotopic (exact) mass is 625 g/mol. The molecule has 1 saturated carbocycles. The second-order valence-corrected chi connectivity index (χ2v) is 12.6. The first-order valence-electron chi connectivity index (χ1n) is 15.6. The molecule has 2 aromatic heterocycles. The lowest BCUT2D eigenvalue weighted by atomic mass is 9.97. The Morgan fingerprint density at radius 1 is 1.02 bits per heavy atom. The van der Waals surface area contributed by atoms with E-state index in [1.54, 1.807) is 11.3 Å². The molecule has 1 aromatic carbocycles. The van der Waals surface area contributed by atoms with Crippen molar-refractivity contribution in [1.82, 2.24) is 14.9 Å². The van der Waals surface area contributed by atoms with Crippen molar-refractivity contribution in [2.45, 2.75) is 58.0 Å². The summed E-state index contributed by atoms with van der Waals surface area (Å²) in [4.78, 5) is 34.7. The predicted molar refractivity (Wildman–Crippen MR) is 171 cm³/mol. The fourth-order valence-electron chi connectivity index (χ4n) is 5.69. The van der Waals surface area contributed by atoms with E-state index in [4.69, 9.17) is 24.3 Å². The normalized spacial score (nSPS) is 16.7. The largest absolute Gasteiger partial charge is 0.480 e. The van der Waals surface area contributed by atoms with Crippen LogP contribution in [-0.4, -0.2) is 90.7 Å². The molecule has 3 aromatic rings. The molecule has 12 heteroatoms. The number of carboxylic acid groups (broad SMARTS) is 1. The van der Waals surface area contributed by atoms with Gasteiger partial charge in [0.15, 0.2) is 5.13 Å². The number of amides is 1. The number of thiazole rings is 1. The van der Waals surface area contributed by atoms with Gasteiger partial charge in [0.25, 0.3) is 0 Å². The Bertz CT molecular complexity index is 1390. The summed E-state index contributed by atoms with van der Waals surface area (Å²) in [5.41, 5.74) is 4.32. The molecule has 0 spiro atoms. The van der Waals surface area contributed by atoms with Crippen LogP contribution in [-0.2, 0) is 19.0 Å². The zero-order chi connectivity index (χ0) is 30.7. The number of carbonyl (C=O) groups excluding carboxylic acids is 1. The zero-order valence-electron chi connectivity index (χ0n) is 25.4. The molecule has 1 amide bonds. The maximum atomic E-state index is 12.5. The number of piperidine rings is 1. The molecule has 3 N–H and O–H groups in total. The Hall–Kier alpha value is -3.32. The summed E-state index contributed by atoms with van der Waals surface area (Å²) < 4.78 is 17.3. The molecular weight excluding hydrogens is 582 g/mol. The lowest BCUT2D eigenvalue weighted by molar-refractivity contribution is -0.142. The number of carbonyl (C=O) groups is 2. The van der Waals surface area contributed by atoms with Crippen LogP contribution in [0.3, 0.4) is 0 Å². The van der Waals surface area contributed by atoms with Crippen molar-refractivity contribution < 1.29 is 28.9 Å². The van der Waals surface area contributed by atoms with Gasteiger partial charge in [-0.25, -0.2) is 14.6 Å². The summed E-state index contributed by atoms with van der Waals surface area (Å²) in [7, 11) is 0. The number of nitrogens with zero attached hydrogens (tertiary/aromatic N) is 3. The smallest absolute Gasteiger partial charge is 0.411 e. The van der Waals surface area contributed by atoms with Crippen molar-refractivity contribution >= 4 is 44.4 Å². The molecule has 0 atom stereocenters. The second kappa shape index (κ2) is 16.1. The molecule has 5 rings (SSSR count). The van der Waals surface area contributed by atoms with Crippen LogP contribution >= 0.6 is 11.3 Å². The zero-order valence-corrected chi connectivity index (χ0v) is 26.2. The molecule has 2 aliphatic rings. The molecule has 0 radical (unpaired) electrons. The summed E-state index contributed by atoms with van der Waals surface area (Å²) in [5, 5.41) is 16.0. The first-order chi connectivity index (χ1) is 21.4. The van der Waals surface area contributed by atoms with Crippen molar-refractivity contribution in [3.05, 3.63) is 36.2 Å². The van der Waals surface area contributed by atoms with Crippen molar-refractivity contribution in [2.75, 3.05) is 63.2 Å². The highest BCUT2D eigenvalue weighted by Gasteiger charge is 2.20. The predicted octanol–water partition coefficient (Wildman–Crippen LogP) is 5.79. The number of likely N-dealkylation sites (tertiary alicyclic amines) is 1. The number of nitrogens with one attached hydrogen (secondary N) is 2. The van der Waals surface area contributed by atoms with E-state index in [2.05, 4.69) is 26.6 Å². The van der Waals surface area contributed by atoms with Gasteiger partial charge in [-0.1, -0.05) is 23.8 Å². The van der Waals surface area contributed by atoms with Crippen molar-refractivity contribution in [3.63, 3.8) is 0 Å². The van der Waals surface area contributed by atoms with Crippen LogP contribution in [0.4, 0.5) is 15.6 Å². The van der Waals surface area contributed by atoms with E-state index in [0.717, 1.165) is 96.9 Å². The van der Waals surface area contributed by atoms with Gasteiger partial charge < -0.3 is 29.5 Å². The topological polar surface area (TPSA) is 135 Å². The number of aryl methyl sites for hydroxylation is 1. The third kappa shape index (κ3) is 9.59. The highest BCUT2D eigenvalue weighted by molar-refractivity contribution is 7.22. The molecule has 44 heavy (non-hydrogen) atoms. The maximum absolute atomic E-state index is 12.5.